The van der Waals surface area contributed by atoms with Crippen LogP contribution < -0.4 is 14.0 Å². The summed E-state index contributed by atoms with van der Waals surface area (Å²) in [5.41, 5.74) is 2.29. The van der Waals surface area contributed by atoms with Crippen molar-refractivity contribution in [3.63, 3.8) is 0 Å². The second kappa shape index (κ2) is 7.79. The third kappa shape index (κ3) is 3.68. The van der Waals surface area contributed by atoms with Crippen molar-refractivity contribution in [2.24, 2.45) is 7.05 Å². The first-order valence-electron chi connectivity index (χ1n) is 8.93. The Kier molecular flexibility index (Phi) is 5.47. The highest BCUT2D eigenvalue weighted by Gasteiger charge is 2.26. The van der Waals surface area contributed by atoms with Gasteiger partial charge in [0.1, 0.15) is 30.8 Å². The van der Waals surface area contributed by atoms with Crippen LogP contribution in [0.4, 0.5) is 0 Å². The highest BCUT2D eigenvalue weighted by atomic mass is 16.5. The Morgan fingerprint density at radius 3 is 2.35 bits per heavy atom. The minimum Gasteiger partial charge on any atom is -0.497 e. The fourth-order valence-corrected chi connectivity index (χ4v) is 3.42. The van der Waals surface area contributed by atoms with E-state index in [1.807, 2.05) is 36.4 Å². The smallest absolute Gasteiger partial charge is 0.259 e. The summed E-state index contributed by atoms with van der Waals surface area (Å²) in [4.78, 5) is 0. The van der Waals surface area contributed by atoms with Crippen molar-refractivity contribution in [1.82, 2.24) is 4.57 Å². The fraction of sp³-hybridized carbons (Fsp3) is 0.381. The van der Waals surface area contributed by atoms with Crippen molar-refractivity contribution in [1.29, 1.82) is 0 Å². The first-order chi connectivity index (χ1) is 12.5. The predicted octanol–water partition coefficient (Wildman–Crippen LogP) is 3.04. The maximum absolute atomic E-state index is 10.6. The molecule has 0 bridgehead atoms. The molecule has 3 aromatic rings. The number of methoxy groups -OCH3 is 1. The monoisotopic (exact) mass is 355 g/mol. The third-order valence-electron chi connectivity index (χ3n) is 4.57. The van der Waals surface area contributed by atoms with Gasteiger partial charge >= 0.3 is 0 Å². The molecular formula is C21H27N2O3+. The van der Waals surface area contributed by atoms with Crippen LogP contribution in [0, 0.1) is 0 Å². The normalized spacial score (nSPS) is 12.5. The highest BCUT2D eigenvalue weighted by Crippen LogP contribution is 2.21. The zero-order chi connectivity index (χ0) is 18.7. The van der Waals surface area contributed by atoms with Crippen molar-refractivity contribution >= 4 is 11.0 Å². The van der Waals surface area contributed by atoms with Crippen LogP contribution in [0.1, 0.15) is 25.6 Å². The van der Waals surface area contributed by atoms with Gasteiger partial charge in [0.2, 0.25) is 0 Å². The summed E-state index contributed by atoms with van der Waals surface area (Å²) in [6, 6.07) is 15.7. The topological polar surface area (TPSA) is 47.5 Å². The lowest BCUT2D eigenvalue weighted by Gasteiger charge is -2.13. The fourth-order valence-electron chi connectivity index (χ4n) is 3.42. The van der Waals surface area contributed by atoms with Crippen molar-refractivity contribution in [2.45, 2.75) is 32.4 Å². The van der Waals surface area contributed by atoms with Crippen LogP contribution in [0.15, 0.2) is 48.5 Å². The molecule has 1 atom stereocenters. The number of hydrogen-bond donors (Lipinski definition) is 1. The van der Waals surface area contributed by atoms with Gasteiger partial charge in [-0.2, -0.15) is 0 Å². The van der Waals surface area contributed by atoms with Crippen LogP contribution in [0.3, 0.4) is 0 Å². The van der Waals surface area contributed by atoms with Gasteiger partial charge in [0.05, 0.1) is 20.1 Å². The summed E-state index contributed by atoms with van der Waals surface area (Å²) in [5.74, 6) is 3.04. The number of fused-ring (bicyclic) bond motifs is 1. The van der Waals surface area contributed by atoms with E-state index in [2.05, 4.69) is 42.2 Å². The lowest BCUT2D eigenvalue weighted by molar-refractivity contribution is -0.655. The summed E-state index contributed by atoms with van der Waals surface area (Å²) >= 11 is 0. The van der Waals surface area contributed by atoms with Crippen LogP contribution in [-0.4, -0.2) is 29.5 Å². The van der Waals surface area contributed by atoms with E-state index in [9.17, 15) is 5.11 Å². The van der Waals surface area contributed by atoms with Crippen molar-refractivity contribution in [3.8, 4) is 11.5 Å². The first-order valence-corrected chi connectivity index (χ1v) is 8.93. The lowest BCUT2D eigenvalue weighted by Crippen LogP contribution is -2.35. The molecule has 5 nitrogen and oxygen atoms in total. The molecular weight excluding hydrogens is 328 g/mol. The lowest BCUT2D eigenvalue weighted by atomic mass is 10.2. The van der Waals surface area contributed by atoms with E-state index in [0.717, 1.165) is 17.0 Å². The maximum atomic E-state index is 10.6. The Bertz CT molecular complexity index is 869. The number of rotatable bonds is 7. The molecule has 1 aromatic heterocycles. The summed E-state index contributed by atoms with van der Waals surface area (Å²) in [5, 5.41) is 10.6. The number of imidazole rings is 1. The molecule has 0 radical (unpaired) electrons. The van der Waals surface area contributed by atoms with Crippen LogP contribution in [-0.2, 0) is 13.6 Å². The van der Waals surface area contributed by atoms with Gasteiger partial charge < -0.3 is 14.6 Å². The number of aryl methyl sites for hydroxylation is 1. The Balaban J connectivity index is 1.76. The number of aliphatic hydroxyl groups excluding tert-OH is 1. The number of benzene rings is 2. The zero-order valence-corrected chi connectivity index (χ0v) is 15.8. The van der Waals surface area contributed by atoms with Gasteiger partial charge in [-0.15, -0.1) is 0 Å². The van der Waals surface area contributed by atoms with Crippen LogP contribution in [0.25, 0.3) is 11.0 Å². The largest absolute Gasteiger partial charge is 0.497 e. The van der Waals surface area contributed by atoms with Crippen LogP contribution in [0.2, 0.25) is 0 Å². The van der Waals surface area contributed by atoms with Gasteiger partial charge in [-0.05, 0) is 36.4 Å². The molecule has 0 aliphatic rings. The van der Waals surface area contributed by atoms with E-state index in [1.54, 1.807) is 7.11 Å². The zero-order valence-electron chi connectivity index (χ0n) is 15.8. The van der Waals surface area contributed by atoms with Gasteiger partial charge in [-0.1, -0.05) is 26.0 Å². The Morgan fingerprint density at radius 1 is 1.04 bits per heavy atom. The molecule has 0 amide bonds. The third-order valence-corrected chi connectivity index (χ3v) is 4.57. The molecule has 0 unspecified atom stereocenters. The molecule has 138 valence electrons. The molecule has 26 heavy (non-hydrogen) atoms. The van der Waals surface area contributed by atoms with E-state index in [0.29, 0.717) is 12.5 Å². The SMILES string of the molecule is COc1ccc(OC[C@H](O)Cn2c(C(C)C)[n+](C)c3ccccc32)cc1. The van der Waals surface area contributed by atoms with E-state index >= 15 is 0 Å². The van der Waals surface area contributed by atoms with Gasteiger partial charge in [-0.3, -0.25) is 0 Å². The number of aromatic nitrogens is 2. The average molecular weight is 355 g/mol. The van der Waals surface area contributed by atoms with Crippen molar-refractivity contribution in [2.75, 3.05) is 13.7 Å². The van der Waals surface area contributed by atoms with E-state index in [4.69, 9.17) is 9.47 Å². The molecule has 0 saturated heterocycles. The molecule has 0 aliphatic carbocycles. The molecule has 0 fully saturated rings. The summed E-state index contributed by atoms with van der Waals surface area (Å²) in [6.07, 6.45) is -0.606. The van der Waals surface area contributed by atoms with Crippen molar-refractivity contribution in [3.05, 3.63) is 54.4 Å². The number of hydrogen-bond acceptors (Lipinski definition) is 3. The maximum Gasteiger partial charge on any atom is 0.259 e. The van der Waals surface area contributed by atoms with Gasteiger partial charge in [-0.25, -0.2) is 9.13 Å². The van der Waals surface area contributed by atoms with E-state index in [1.165, 1.54) is 11.3 Å². The standard InChI is InChI=1S/C21H27N2O3/c1-15(2)21-22(3)19-7-5-6-8-20(19)23(21)13-16(24)14-26-18-11-9-17(25-4)10-12-18/h5-12,15-16,24H,13-14H2,1-4H3/q+1/t16-/m1/s1. The minimum atomic E-state index is -0.606. The number of aliphatic hydroxyl groups is 1. The second-order valence-electron chi connectivity index (χ2n) is 6.81. The first kappa shape index (κ1) is 18.3. The minimum absolute atomic E-state index is 0.236. The van der Waals surface area contributed by atoms with E-state index in [-0.39, 0.29) is 6.61 Å². The molecule has 0 saturated carbocycles. The Labute approximate surface area is 154 Å². The molecule has 1 heterocycles. The molecule has 1 N–H and O–H groups in total. The van der Waals surface area contributed by atoms with E-state index < -0.39 is 6.10 Å². The molecule has 3 rings (SSSR count). The Hall–Kier alpha value is -2.53. The van der Waals surface area contributed by atoms with Gasteiger partial charge in [0, 0.05) is 0 Å². The molecule has 5 heteroatoms. The molecule has 0 aliphatic heterocycles. The number of para-hydroxylation sites is 2. The second-order valence-corrected chi connectivity index (χ2v) is 6.81. The number of nitrogens with zero attached hydrogens (tertiary/aromatic N) is 2. The summed E-state index contributed by atoms with van der Waals surface area (Å²) < 4.78 is 15.3. The molecule has 2 aromatic carbocycles. The van der Waals surface area contributed by atoms with Crippen LogP contribution in [0.5, 0.6) is 11.5 Å². The van der Waals surface area contributed by atoms with Gasteiger partial charge in [0.15, 0.2) is 11.0 Å². The quantitative estimate of drug-likeness (QED) is 0.663. The van der Waals surface area contributed by atoms with Crippen LogP contribution >= 0.6 is 0 Å². The highest BCUT2D eigenvalue weighted by molar-refractivity contribution is 5.72. The molecule has 0 spiro atoms. The average Bonchev–Trinajstić information content (AvgIpc) is 2.93. The van der Waals surface area contributed by atoms with Gasteiger partial charge in [0.25, 0.3) is 5.82 Å². The summed E-state index contributed by atoms with van der Waals surface area (Å²) in [7, 11) is 3.71. The number of ether oxygens (including phenoxy) is 2. The van der Waals surface area contributed by atoms with Crippen molar-refractivity contribution < 1.29 is 19.1 Å². The Morgan fingerprint density at radius 2 is 1.69 bits per heavy atom. The predicted molar refractivity (Wildman–Crippen MR) is 102 cm³/mol. The summed E-state index contributed by atoms with van der Waals surface area (Å²) in [6.45, 7) is 5.07.